The second kappa shape index (κ2) is 7.49. The van der Waals surface area contributed by atoms with Gasteiger partial charge in [-0.25, -0.2) is 4.79 Å². The molecule has 0 aliphatic carbocycles. The van der Waals surface area contributed by atoms with E-state index in [9.17, 15) is 4.79 Å². The molecule has 1 aromatic rings. The molecule has 2 N–H and O–H groups in total. The molecule has 2 amide bonds. The van der Waals surface area contributed by atoms with Crippen LogP contribution in [0.2, 0.25) is 0 Å². The molecular formula is C12H20N4O. The molecule has 1 atom stereocenters. The van der Waals surface area contributed by atoms with Crippen LogP contribution in [0.5, 0.6) is 0 Å². The van der Waals surface area contributed by atoms with Crippen LogP contribution in [0, 0.1) is 0 Å². The monoisotopic (exact) mass is 236 g/mol. The Morgan fingerprint density at radius 3 is 3.06 bits per heavy atom. The van der Waals surface area contributed by atoms with Crippen LogP contribution in [0.25, 0.3) is 0 Å². The fraction of sp³-hybridized carbons (Fsp3) is 0.500. The fourth-order valence-electron chi connectivity index (χ4n) is 1.48. The van der Waals surface area contributed by atoms with Crippen molar-refractivity contribution in [2.24, 2.45) is 0 Å². The molecule has 0 bridgehead atoms. The van der Waals surface area contributed by atoms with Gasteiger partial charge in [-0.2, -0.15) is 5.10 Å². The molecule has 0 aliphatic heterocycles. The van der Waals surface area contributed by atoms with E-state index in [2.05, 4.69) is 22.3 Å². The summed E-state index contributed by atoms with van der Waals surface area (Å²) in [6.07, 6.45) is 7.10. The van der Waals surface area contributed by atoms with E-state index in [-0.39, 0.29) is 12.1 Å². The first-order valence-corrected chi connectivity index (χ1v) is 5.89. The summed E-state index contributed by atoms with van der Waals surface area (Å²) < 4.78 is 1.78. The van der Waals surface area contributed by atoms with Crippen LogP contribution in [0.4, 0.5) is 4.79 Å². The molecular weight excluding hydrogens is 216 g/mol. The lowest BCUT2D eigenvalue weighted by molar-refractivity contribution is 0.236. The summed E-state index contributed by atoms with van der Waals surface area (Å²) in [7, 11) is 0. The molecule has 17 heavy (non-hydrogen) atoms. The number of aromatic nitrogens is 2. The van der Waals surface area contributed by atoms with E-state index in [1.165, 1.54) is 0 Å². The molecule has 0 spiro atoms. The highest BCUT2D eigenvalue weighted by molar-refractivity contribution is 5.74. The van der Waals surface area contributed by atoms with Gasteiger partial charge in [-0.15, -0.1) is 6.58 Å². The molecule has 5 heteroatoms. The molecule has 1 aromatic heterocycles. The molecule has 1 heterocycles. The average molecular weight is 236 g/mol. The lowest BCUT2D eigenvalue weighted by Crippen LogP contribution is -2.42. The Morgan fingerprint density at radius 2 is 2.47 bits per heavy atom. The van der Waals surface area contributed by atoms with Gasteiger partial charge >= 0.3 is 6.03 Å². The van der Waals surface area contributed by atoms with Gasteiger partial charge in [-0.1, -0.05) is 13.0 Å². The second-order valence-corrected chi connectivity index (χ2v) is 3.80. The van der Waals surface area contributed by atoms with Gasteiger partial charge in [0, 0.05) is 25.0 Å². The number of nitrogens with zero attached hydrogens (tertiary/aromatic N) is 2. The number of carbonyl (C=O) groups is 1. The summed E-state index contributed by atoms with van der Waals surface area (Å²) >= 11 is 0. The van der Waals surface area contributed by atoms with Crippen LogP contribution in [-0.4, -0.2) is 28.4 Å². The Morgan fingerprint density at radius 1 is 1.65 bits per heavy atom. The van der Waals surface area contributed by atoms with Gasteiger partial charge in [0.05, 0.1) is 6.54 Å². The van der Waals surface area contributed by atoms with Crippen molar-refractivity contribution in [2.45, 2.75) is 32.4 Å². The predicted molar refractivity (Wildman–Crippen MR) is 67.7 cm³/mol. The minimum atomic E-state index is -0.133. The quantitative estimate of drug-likeness (QED) is 0.705. The Hall–Kier alpha value is -1.78. The summed E-state index contributed by atoms with van der Waals surface area (Å²) in [5, 5.41) is 9.75. The summed E-state index contributed by atoms with van der Waals surface area (Å²) in [5.74, 6) is 0. The van der Waals surface area contributed by atoms with Crippen molar-refractivity contribution in [2.75, 3.05) is 6.54 Å². The third kappa shape index (κ3) is 5.19. The number of rotatable bonds is 7. The Kier molecular flexibility index (Phi) is 5.85. The summed E-state index contributed by atoms with van der Waals surface area (Å²) in [6, 6.07) is 1.89. The van der Waals surface area contributed by atoms with Crippen molar-refractivity contribution >= 4 is 6.03 Å². The van der Waals surface area contributed by atoms with E-state index in [0.29, 0.717) is 13.1 Å². The Balaban J connectivity index is 2.18. The topological polar surface area (TPSA) is 59.0 Å². The van der Waals surface area contributed by atoms with Crippen molar-refractivity contribution in [3.8, 4) is 0 Å². The number of urea groups is 1. The minimum absolute atomic E-state index is 0.133. The van der Waals surface area contributed by atoms with E-state index in [0.717, 1.165) is 12.8 Å². The van der Waals surface area contributed by atoms with Crippen molar-refractivity contribution in [1.82, 2.24) is 20.4 Å². The lowest BCUT2D eigenvalue weighted by atomic mass is 10.1. The van der Waals surface area contributed by atoms with E-state index < -0.39 is 0 Å². The Labute approximate surface area is 102 Å². The van der Waals surface area contributed by atoms with Crippen molar-refractivity contribution in [1.29, 1.82) is 0 Å². The molecule has 0 aromatic carbocycles. The van der Waals surface area contributed by atoms with Crippen molar-refractivity contribution in [3.05, 3.63) is 31.1 Å². The van der Waals surface area contributed by atoms with Crippen LogP contribution in [-0.2, 0) is 6.54 Å². The largest absolute Gasteiger partial charge is 0.336 e. The van der Waals surface area contributed by atoms with Crippen LogP contribution in [0.1, 0.15) is 19.8 Å². The van der Waals surface area contributed by atoms with Gasteiger partial charge in [-0.05, 0) is 18.9 Å². The summed E-state index contributed by atoms with van der Waals surface area (Å²) in [4.78, 5) is 11.5. The summed E-state index contributed by atoms with van der Waals surface area (Å²) in [6.45, 7) is 6.95. The van der Waals surface area contributed by atoms with Crippen molar-refractivity contribution in [3.63, 3.8) is 0 Å². The molecule has 1 rings (SSSR count). The molecule has 94 valence electrons. The van der Waals surface area contributed by atoms with Crippen LogP contribution < -0.4 is 10.6 Å². The number of amides is 2. The molecule has 0 radical (unpaired) electrons. The normalized spacial score (nSPS) is 11.8. The lowest BCUT2D eigenvalue weighted by Gasteiger charge is -2.15. The number of carbonyl (C=O) groups excluding carboxylic acids is 1. The summed E-state index contributed by atoms with van der Waals surface area (Å²) in [5.41, 5.74) is 0. The highest BCUT2D eigenvalue weighted by Crippen LogP contribution is 1.97. The van der Waals surface area contributed by atoms with Gasteiger partial charge in [0.15, 0.2) is 0 Å². The van der Waals surface area contributed by atoms with Gasteiger partial charge in [0.1, 0.15) is 0 Å². The highest BCUT2D eigenvalue weighted by Gasteiger charge is 2.07. The maximum absolute atomic E-state index is 11.5. The number of hydrogen-bond acceptors (Lipinski definition) is 2. The standard InChI is InChI=1S/C12H20N4O/c1-3-6-11(4-2)15-12(17)13-8-10-16-9-5-7-14-16/h3,5,7,9,11H,1,4,6,8,10H2,2H3,(H2,13,15,17)/t11-/m1/s1. The maximum atomic E-state index is 11.5. The maximum Gasteiger partial charge on any atom is 0.315 e. The molecule has 0 saturated carbocycles. The molecule has 0 unspecified atom stereocenters. The zero-order valence-electron chi connectivity index (χ0n) is 10.2. The van der Waals surface area contributed by atoms with Gasteiger partial charge in [0.2, 0.25) is 0 Å². The first kappa shape index (κ1) is 13.3. The third-order valence-electron chi connectivity index (χ3n) is 2.46. The van der Waals surface area contributed by atoms with E-state index >= 15 is 0 Å². The van der Waals surface area contributed by atoms with Crippen LogP contribution in [0.15, 0.2) is 31.1 Å². The first-order valence-electron chi connectivity index (χ1n) is 5.89. The first-order chi connectivity index (χ1) is 8.26. The van der Waals surface area contributed by atoms with E-state index in [1.807, 2.05) is 25.3 Å². The minimum Gasteiger partial charge on any atom is -0.336 e. The third-order valence-corrected chi connectivity index (χ3v) is 2.46. The predicted octanol–water partition coefficient (Wildman–Crippen LogP) is 1.54. The van der Waals surface area contributed by atoms with Gasteiger partial charge in [-0.3, -0.25) is 4.68 Å². The SMILES string of the molecule is C=CC[C@@H](CC)NC(=O)NCCn1cccn1. The smallest absolute Gasteiger partial charge is 0.315 e. The fourth-order valence-corrected chi connectivity index (χ4v) is 1.48. The van der Waals surface area contributed by atoms with Crippen LogP contribution in [0.3, 0.4) is 0 Å². The molecule has 5 nitrogen and oxygen atoms in total. The van der Waals surface area contributed by atoms with E-state index in [4.69, 9.17) is 0 Å². The molecule has 0 saturated heterocycles. The number of hydrogen-bond donors (Lipinski definition) is 2. The molecule has 0 aliphatic rings. The Bertz CT molecular complexity index is 334. The number of nitrogens with one attached hydrogen (secondary N) is 2. The van der Waals surface area contributed by atoms with Gasteiger partial charge < -0.3 is 10.6 Å². The zero-order chi connectivity index (χ0) is 12.5. The highest BCUT2D eigenvalue weighted by atomic mass is 16.2. The average Bonchev–Trinajstić information content (AvgIpc) is 2.81. The van der Waals surface area contributed by atoms with Crippen LogP contribution >= 0.6 is 0 Å². The zero-order valence-corrected chi connectivity index (χ0v) is 10.2. The van der Waals surface area contributed by atoms with E-state index in [1.54, 1.807) is 10.9 Å². The molecule has 0 fully saturated rings. The van der Waals surface area contributed by atoms with Crippen molar-refractivity contribution < 1.29 is 4.79 Å². The van der Waals surface area contributed by atoms with Gasteiger partial charge in [0.25, 0.3) is 0 Å². The second-order valence-electron chi connectivity index (χ2n) is 3.80.